The van der Waals surface area contributed by atoms with Gasteiger partial charge in [0.15, 0.2) is 0 Å². The minimum Gasteiger partial charge on any atom is -0.394 e. The summed E-state index contributed by atoms with van der Waals surface area (Å²) >= 11 is 0. The molecule has 84 valence electrons. The first-order valence-corrected chi connectivity index (χ1v) is 5.04. The van der Waals surface area contributed by atoms with Crippen molar-refractivity contribution >= 4 is 11.6 Å². The molecular formula is C10H18N4O. The topological polar surface area (TPSA) is 75.3 Å². The number of hydrogen-bond acceptors (Lipinski definition) is 5. The van der Waals surface area contributed by atoms with Crippen LogP contribution in [0.25, 0.3) is 0 Å². The molecule has 1 aromatic heterocycles. The third kappa shape index (κ3) is 2.36. The summed E-state index contributed by atoms with van der Waals surface area (Å²) in [6, 6.07) is 0.0181. The number of likely N-dealkylation sites (N-methyl/N-ethyl adjacent to an activating group) is 1. The van der Waals surface area contributed by atoms with Gasteiger partial charge >= 0.3 is 0 Å². The zero-order chi connectivity index (χ0) is 11.4. The quantitative estimate of drug-likeness (QED) is 0.754. The van der Waals surface area contributed by atoms with Crippen molar-refractivity contribution in [3.63, 3.8) is 0 Å². The number of aliphatic hydroxyl groups excluding tert-OH is 1. The Bertz CT molecular complexity index is 329. The molecule has 0 aliphatic rings. The Morgan fingerprint density at radius 2 is 2.20 bits per heavy atom. The zero-order valence-electron chi connectivity index (χ0n) is 9.44. The average Bonchev–Trinajstić information content (AvgIpc) is 2.26. The van der Waals surface area contributed by atoms with E-state index in [2.05, 4.69) is 9.97 Å². The van der Waals surface area contributed by atoms with Crippen LogP contribution in [0.1, 0.15) is 19.4 Å². The van der Waals surface area contributed by atoms with Gasteiger partial charge in [-0.1, -0.05) is 6.92 Å². The van der Waals surface area contributed by atoms with Crippen LogP contribution in [-0.2, 0) is 6.42 Å². The molecule has 5 heteroatoms. The minimum absolute atomic E-state index is 0.0181. The van der Waals surface area contributed by atoms with E-state index in [-0.39, 0.29) is 12.6 Å². The number of rotatable bonds is 4. The van der Waals surface area contributed by atoms with Gasteiger partial charge < -0.3 is 15.7 Å². The number of nitrogens with two attached hydrogens (primary N) is 1. The lowest BCUT2D eigenvalue weighted by Crippen LogP contribution is -2.33. The largest absolute Gasteiger partial charge is 0.394 e. The van der Waals surface area contributed by atoms with E-state index in [9.17, 15) is 0 Å². The predicted molar refractivity (Wildman–Crippen MR) is 60.8 cm³/mol. The van der Waals surface area contributed by atoms with Crippen LogP contribution in [0, 0.1) is 0 Å². The molecule has 0 aliphatic carbocycles. The second kappa shape index (κ2) is 4.93. The minimum atomic E-state index is 0.0181. The monoisotopic (exact) mass is 210 g/mol. The van der Waals surface area contributed by atoms with Gasteiger partial charge in [-0.3, -0.25) is 0 Å². The molecule has 1 rings (SSSR count). The fourth-order valence-corrected chi connectivity index (χ4v) is 1.39. The summed E-state index contributed by atoms with van der Waals surface area (Å²) in [5.41, 5.74) is 6.70. The van der Waals surface area contributed by atoms with Crippen molar-refractivity contribution in [1.82, 2.24) is 9.97 Å². The molecule has 3 N–H and O–H groups in total. The summed E-state index contributed by atoms with van der Waals surface area (Å²) in [4.78, 5) is 10.1. The number of anilines is 2. The predicted octanol–water partition coefficient (Wildman–Crippen LogP) is 0.438. The maximum atomic E-state index is 9.08. The van der Waals surface area contributed by atoms with Gasteiger partial charge in [0, 0.05) is 12.6 Å². The first-order chi connectivity index (χ1) is 7.11. The number of aliphatic hydroxyl groups is 1. The Kier molecular flexibility index (Phi) is 3.85. The molecule has 1 heterocycles. The first kappa shape index (κ1) is 11.7. The normalized spacial score (nSPS) is 12.5. The lowest BCUT2D eigenvalue weighted by atomic mass is 10.2. The molecule has 1 unspecified atom stereocenters. The van der Waals surface area contributed by atoms with Gasteiger partial charge in [0.1, 0.15) is 18.0 Å². The highest BCUT2D eigenvalue weighted by Crippen LogP contribution is 2.22. The second-order valence-electron chi connectivity index (χ2n) is 3.56. The van der Waals surface area contributed by atoms with E-state index in [0.29, 0.717) is 5.82 Å². The van der Waals surface area contributed by atoms with Gasteiger partial charge in [-0.15, -0.1) is 0 Å². The van der Waals surface area contributed by atoms with Gasteiger partial charge in [-0.25, -0.2) is 9.97 Å². The summed E-state index contributed by atoms with van der Waals surface area (Å²) in [6.45, 7) is 4.03. The van der Waals surface area contributed by atoms with E-state index in [0.717, 1.165) is 17.8 Å². The third-order valence-electron chi connectivity index (χ3n) is 2.57. The Labute approximate surface area is 90.0 Å². The standard InChI is InChI=1S/C10H18N4O/c1-4-8-9(11)12-6-13-10(8)14(3)7(2)5-15/h6-7,15H,4-5H2,1-3H3,(H2,11,12,13). The Balaban J connectivity index is 3.07. The van der Waals surface area contributed by atoms with Gasteiger partial charge in [0.05, 0.1) is 12.6 Å². The van der Waals surface area contributed by atoms with E-state index in [1.807, 2.05) is 25.8 Å². The van der Waals surface area contributed by atoms with E-state index < -0.39 is 0 Å². The molecule has 0 bridgehead atoms. The lowest BCUT2D eigenvalue weighted by Gasteiger charge is -2.26. The van der Waals surface area contributed by atoms with Crippen LogP contribution < -0.4 is 10.6 Å². The number of nitrogen functional groups attached to an aromatic ring is 1. The van der Waals surface area contributed by atoms with Crippen molar-refractivity contribution in [3.05, 3.63) is 11.9 Å². The van der Waals surface area contributed by atoms with Crippen LogP contribution in [-0.4, -0.2) is 34.8 Å². The van der Waals surface area contributed by atoms with Crippen molar-refractivity contribution in [2.45, 2.75) is 26.3 Å². The average molecular weight is 210 g/mol. The molecule has 0 spiro atoms. The van der Waals surface area contributed by atoms with E-state index >= 15 is 0 Å². The zero-order valence-corrected chi connectivity index (χ0v) is 9.44. The second-order valence-corrected chi connectivity index (χ2v) is 3.56. The molecule has 5 nitrogen and oxygen atoms in total. The molecule has 0 fully saturated rings. The fourth-order valence-electron chi connectivity index (χ4n) is 1.39. The number of nitrogens with zero attached hydrogens (tertiary/aromatic N) is 3. The molecule has 0 saturated heterocycles. The van der Waals surface area contributed by atoms with Crippen molar-refractivity contribution in [2.75, 3.05) is 24.3 Å². The van der Waals surface area contributed by atoms with Crippen molar-refractivity contribution in [3.8, 4) is 0 Å². The van der Waals surface area contributed by atoms with E-state index in [1.54, 1.807) is 0 Å². The maximum absolute atomic E-state index is 9.08. The highest BCUT2D eigenvalue weighted by Gasteiger charge is 2.15. The summed E-state index contributed by atoms with van der Waals surface area (Å²) in [6.07, 6.45) is 2.23. The van der Waals surface area contributed by atoms with Crippen molar-refractivity contribution in [2.24, 2.45) is 0 Å². The molecule has 0 amide bonds. The summed E-state index contributed by atoms with van der Waals surface area (Å²) < 4.78 is 0. The Morgan fingerprint density at radius 1 is 1.53 bits per heavy atom. The van der Waals surface area contributed by atoms with Crippen LogP contribution in [0.3, 0.4) is 0 Å². The molecule has 1 atom stereocenters. The Hall–Kier alpha value is -1.36. The van der Waals surface area contributed by atoms with Crippen molar-refractivity contribution < 1.29 is 5.11 Å². The molecular weight excluding hydrogens is 192 g/mol. The van der Waals surface area contributed by atoms with Gasteiger partial charge in [-0.2, -0.15) is 0 Å². The van der Waals surface area contributed by atoms with Gasteiger partial charge in [0.25, 0.3) is 0 Å². The molecule has 0 aromatic carbocycles. The molecule has 0 aliphatic heterocycles. The summed E-state index contributed by atoms with van der Waals surface area (Å²) in [5, 5.41) is 9.08. The lowest BCUT2D eigenvalue weighted by molar-refractivity contribution is 0.269. The highest BCUT2D eigenvalue weighted by atomic mass is 16.3. The fraction of sp³-hybridized carbons (Fsp3) is 0.600. The smallest absolute Gasteiger partial charge is 0.137 e. The van der Waals surface area contributed by atoms with Crippen LogP contribution in [0.15, 0.2) is 6.33 Å². The molecule has 1 aromatic rings. The van der Waals surface area contributed by atoms with Crippen LogP contribution in [0.4, 0.5) is 11.6 Å². The summed E-state index contributed by atoms with van der Waals surface area (Å²) in [7, 11) is 1.89. The maximum Gasteiger partial charge on any atom is 0.137 e. The number of hydrogen-bond donors (Lipinski definition) is 2. The summed E-state index contributed by atoms with van der Waals surface area (Å²) in [5.74, 6) is 1.31. The van der Waals surface area contributed by atoms with E-state index in [4.69, 9.17) is 10.8 Å². The molecule has 0 radical (unpaired) electrons. The van der Waals surface area contributed by atoms with Crippen molar-refractivity contribution in [1.29, 1.82) is 0 Å². The number of aromatic nitrogens is 2. The van der Waals surface area contributed by atoms with Crippen LogP contribution in [0.2, 0.25) is 0 Å². The van der Waals surface area contributed by atoms with Crippen LogP contribution in [0.5, 0.6) is 0 Å². The Morgan fingerprint density at radius 3 is 2.73 bits per heavy atom. The SMILES string of the molecule is CCc1c(N)ncnc1N(C)C(C)CO. The first-order valence-electron chi connectivity index (χ1n) is 5.04. The van der Waals surface area contributed by atoms with Gasteiger partial charge in [0.2, 0.25) is 0 Å². The van der Waals surface area contributed by atoms with Gasteiger partial charge in [-0.05, 0) is 13.3 Å². The van der Waals surface area contributed by atoms with Crippen LogP contribution >= 0.6 is 0 Å². The molecule has 15 heavy (non-hydrogen) atoms. The van der Waals surface area contributed by atoms with E-state index in [1.165, 1.54) is 6.33 Å². The third-order valence-corrected chi connectivity index (χ3v) is 2.57. The molecule has 0 saturated carbocycles. The highest BCUT2D eigenvalue weighted by molar-refractivity contribution is 5.56.